The predicted octanol–water partition coefficient (Wildman–Crippen LogP) is 3.66. The molecule has 0 aliphatic rings. The van der Waals surface area contributed by atoms with E-state index in [2.05, 4.69) is 20.9 Å². The molecule has 2 N–H and O–H groups in total. The van der Waals surface area contributed by atoms with Gasteiger partial charge in [-0.3, -0.25) is 0 Å². The number of carbonyl (C=O) groups is 1. The number of methoxy groups -OCH3 is 1. The quantitative estimate of drug-likeness (QED) is 0.849. The Kier molecular flexibility index (Phi) is 4.46. The Morgan fingerprint density at radius 2 is 2.15 bits per heavy atom. The van der Waals surface area contributed by atoms with Gasteiger partial charge in [0.2, 0.25) is 0 Å². The number of anilines is 1. The van der Waals surface area contributed by atoms with Crippen molar-refractivity contribution in [3.05, 3.63) is 45.5 Å². The lowest BCUT2D eigenvalue weighted by molar-refractivity contribution is 0.0598. The van der Waals surface area contributed by atoms with Gasteiger partial charge in [-0.05, 0) is 34.1 Å². The van der Waals surface area contributed by atoms with E-state index >= 15 is 0 Å². The average molecular weight is 358 g/mol. The van der Waals surface area contributed by atoms with Gasteiger partial charge < -0.3 is 15.2 Å². The summed E-state index contributed by atoms with van der Waals surface area (Å²) < 4.78 is 11.0. The van der Waals surface area contributed by atoms with Crippen LogP contribution in [0.1, 0.15) is 10.4 Å². The van der Waals surface area contributed by atoms with Crippen LogP contribution in [-0.2, 0) is 4.74 Å². The molecule has 0 aliphatic heterocycles. The summed E-state index contributed by atoms with van der Waals surface area (Å²) in [4.78, 5) is 15.7. The SMILES string of the molecule is COC(=O)c1c(Cl)cccc1Oc1cnc(N)cc1Br. The Morgan fingerprint density at radius 3 is 2.80 bits per heavy atom. The number of nitrogens with two attached hydrogens (primary N) is 1. The lowest BCUT2D eigenvalue weighted by Crippen LogP contribution is -2.05. The van der Waals surface area contributed by atoms with Crippen molar-refractivity contribution >= 4 is 39.3 Å². The molecule has 1 aromatic carbocycles. The molecule has 20 heavy (non-hydrogen) atoms. The lowest BCUT2D eigenvalue weighted by atomic mass is 10.2. The van der Waals surface area contributed by atoms with E-state index in [1.807, 2.05) is 0 Å². The van der Waals surface area contributed by atoms with E-state index in [1.165, 1.54) is 13.3 Å². The molecule has 0 spiro atoms. The number of aromatic nitrogens is 1. The zero-order valence-corrected chi connectivity index (χ0v) is 12.7. The number of nitrogens with zero attached hydrogens (tertiary/aromatic N) is 1. The smallest absolute Gasteiger partial charge is 0.343 e. The number of hydrogen-bond donors (Lipinski definition) is 1. The van der Waals surface area contributed by atoms with E-state index in [1.54, 1.807) is 24.3 Å². The van der Waals surface area contributed by atoms with E-state index in [0.29, 0.717) is 16.0 Å². The summed E-state index contributed by atoms with van der Waals surface area (Å²) in [5.74, 6) is 0.455. The number of pyridine rings is 1. The van der Waals surface area contributed by atoms with Gasteiger partial charge in [0.1, 0.15) is 17.1 Å². The molecule has 1 aromatic heterocycles. The molecule has 0 saturated carbocycles. The van der Waals surface area contributed by atoms with Crippen molar-refractivity contribution in [3.63, 3.8) is 0 Å². The molecule has 0 amide bonds. The first kappa shape index (κ1) is 14.6. The van der Waals surface area contributed by atoms with Crippen molar-refractivity contribution in [3.8, 4) is 11.5 Å². The maximum atomic E-state index is 11.8. The second kappa shape index (κ2) is 6.11. The van der Waals surface area contributed by atoms with Crippen LogP contribution in [0.2, 0.25) is 5.02 Å². The molecular formula is C13H10BrClN2O3. The summed E-state index contributed by atoms with van der Waals surface area (Å²) >= 11 is 9.31. The maximum Gasteiger partial charge on any atom is 0.343 e. The topological polar surface area (TPSA) is 74.4 Å². The Hall–Kier alpha value is -1.79. The van der Waals surface area contributed by atoms with Gasteiger partial charge in [0.15, 0.2) is 5.75 Å². The van der Waals surface area contributed by atoms with Gasteiger partial charge in [-0.1, -0.05) is 17.7 Å². The van der Waals surface area contributed by atoms with Gasteiger partial charge in [0, 0.05) is 0 Å². The molecule has 0 radical (unpaired) electrons. The predicted molar refractivity (Wildman–Crippen MR) is 79.2 cm³/mol. The van der Waals surface area contributed by atoms with E-state index in [4.69, 9.17) is 26.8 Å². The molecule has 0 bridgehead atoms. The third-order valence-corrected chi connectivity index (χ3v) is 3.36. The molecule has 0 unspecified atom stereocenters. The summed E-state index contributed by atoms with van der Waals surface area (Å²) in [6.45, 7) is 0. The maximum absolute atomic E-state index is 11.8. The van der Waals surface area contributed by atoms with E-state index < -0.39 is 5.97 Å². The van der Waals surface area contributed by atoms with Crippen molar-refractivity contribution < 1.29 is 14.3 Å². The Bertz CT molecular complexity index is 664. The Morgan fingerprint density at radius 1 is 1.40 bits per heavy atom. The summed E-state index contributed by atoms with van der Waals surface area (Å²) in [7, 11) is 1.27. The van der Waals surface area contributed by atoms with Crippen LogP contribution in [0.25, 0.3) is 0 Å². The molecule has 5 nitrogen and oxygen atoms in total. The van der Waals surface area contributed by atoms with Crippen molar-refractivity contribution in [2.24, 2.45) is 0 Å². The first-order valence-electron chi connectivity index (χ1n) is 5.48. The molecule has 7 heteroatoms. The number of benzene rings is 1. The number of hydrogen-bond acceptors (Lipinski definition) is 5. The molecule has 104 valence electrons. The fourth-order valence-electron chi connectivity index (χ4n) is 1.52. The monoisotopic (exact) mass is 356 g/mol. The van der Waals surface area contributed by atoms with Crippen LogP contribution in [0.3, 0.4) is 0 Å². The summed E-state index contributed by atoms with van der Waals surface area (Å²) in [6.07, 6.45) is 1.45. The third kappa shape index (κ3) is 3.02. The molecular weight excluding hydrogens is 348 g/mol. The largest absolute Gasteiger partial charge is 0.465 e. The van der Waals surface area contributed by atoms with Crippen LogP contribution in [-0.4, -0.2) is 18.1 Å². The van der Waals surface area contributed by atoms with Crippen molar-refractivity contribution in [1.82, 2.24) is 4.98 Å². The highest BCUT2D eigenvalue weighted by Crippen LogP contribution is 2.34. The number of nitrogen functional groups attached to an aromatic ring is 1. The van der Waals surface area contributed by atoms with Crippen LogP contribution in [0.5, 0.6) is 11.5 Å². The molecule has 1 heterocycles. The number of carbonyl (C=O) groups excluding carboxylic acids is 1. The Balaban J connectivity index is 2.43. The molecule has 0 saturated heterocycles. The van der Waals surface area contributed by atoms with Gasteiger partial charge >= 0.3 is 5.97 Å². The molecule has 0 atom stereocenters. The standard InChI is InChI=1S/C13H10BrClN2O3/c1-19-13(18)12-8(15)3-2-4-9(12)20-10-6-17-11(16)5-7(10)14/h2-6H,1H3,(H2,16,17). The van der Waals surface area contributed by atoms with Crippen LogP contribution in [0.4, 0.5) is 5.82 Å². The van der Waals surface area contributed by atoms with Gasteiger partial charge in [-0.2, -0.15) is 0 Å². The fraction of sp³-hybridized carbons (Fsp3) is 0.0769. The van der Waals surface area contributed by atoms with Crippen LogP contribution in [0.15, 0.2) is 34.9 Å². The van der Waals surface area contributed by atoms with Crippen LogP contribution < -0.4 is 10.5 Å². The minimum Gasteiger partial charge on any atom is -0.465 e. The minimum absolute atomic E-state index is 0.153. The van der Waals surface area contributed by atoms with Gasteiger partial charge in [-0.15, -0.1) is 0 Å². The highest BCUT2D eigenvalue weighted by atomic mass is 79.9. The molecule has 0 fully saturated rings. The van der Waals surface area contributed by atoms with Crippen LogP contribution in [0, 0.1) is 0 Å². The van der Waals surface area contributed by atoms with E-state index in [0.717, 1.165) is 0 Å². The second-order valence-corrected chi connectivity index (χ2v) is 5.01. The van der Waals surface area contributed by atoms with Crippen molar-refractivity contribution in [1.29, 1.82) is 0 Å². The highest BCUT2D eigenvalue weighted by molar-refractivity contribution is 9.10. The summed E-state index contributed by atoms with van der Waals surface area (Å²) in [6, 6.07) is 6.46. The number of rotatable bonds is 3. The first-order chi connectivity index (χ1) is 9.52. The Labute approximate surface area is 128 Å². The van der Waals surface area contributed by atoms with Gasteiger partial charge in [0.25, 0.3) is 0 Å². The zero-order chi connectivity index (χ0) is 14.7. The van der Waals surface area contributed by atoms with Crippen molar-refractivity contribution in [2.45, 2.75) is 0 Å². The molecule has 2 rings (SSSR count). The zero-order valence-electron chi connectivity index (χ0n) is 10.4. The summed E-state index contributed by atoms with van der Waals surface area (Å²) in [5, 5.41) is 0.244. The molecule has 2 aromatic rings. The molecule has 0 aliphatic carbocycles. The summed E-state index contributed by atoms with van der Waals surface area (Å²) in [5.41, 5.74) is 5.71. The number of esters is 1. The lowest BCUT2D eigenvalue weighted by Gasteiger charge is -2.12. The van der Waals surface area contributed by atoms with E-state index in [9.17, 15) is 4.79 Å². The average Bonchev–Trinajstić information content (AvgIpc) is 2.41. The van der Waals surface area contributed by atoms with Gasteiger partial charge in [-0.25, -0.2) is 9.78 Å². The normalized spacial score (nSPS) is 10.2. The van der Waals surface area contributed by atoms with Crippen LogP contribution >= 0.6 is 27.5 Å². The third-order valence-electron chi connectivity index (χ3n) is 2.43. The number of halogens is 2. The van der Waals surface area contributed by atoms with Gasteiger partial charge in [0.05, 0.1) is 22.8 Å². The second-order valence-electron chi connectivity index (χ2n) is 3.75. The van der Waals surface area contributed by atoms with E-state index in [-0.39, 0.29) is 16.3 Å². The van der Waals surface area contributed by atoms with Crippen molar-refractivity contribution in [2.75, 3.05) is 12.8 Å². The fourth-order valence-corrected chi connectivity index (χ4v) is 2.18. The minimum atomic E-state index is -0.579. The highest BCUT2D eigenvalue weighted by Gasteiger charge is 2.18. The first-order valence-corrected chi connectivity index (χ1v) is 6.65. The number of ether oxygens (including phenoxy) is 2.